The lowest BCUT2D eigenvalue weighted by Gasteiger charge is -2.29. The third-order valence-electron chi connectivity index (χ3n) is 4.64. The van der Waals surface area contributed by atoms with Crippen molar-refractivity contribution in [3.63, 3.8) is 0 Å². The van der Waals surface area contributed by atoms with Crippen molar-refractivity contribution in [2.24, 2.45) is 0 Å². The quantitative estimate of drug-likeness (QED) is 0.576. The van der Waals surface area contributed by atoms with Gasteiger partial charge in [-0.3, -0.25) is 4.90 Å². The molecule has 0 N–H and O–H groups in total. The van der Waals surface area contributed by atoms with Gasteiger partial charge >= 0.3 is 0 Å². The van der Waals surface area contributed by atoms with E-state index in [2.05, 4.69) is 29.2 Å². The number of rotatable bonds is 8. The fourth-order valence-electron chi connectivity index (χ4n) is 3.15. The smallest absolute Gasteiger partial charge is 0.179 e. The van der Waals surface area contributed by atoms with Crippen LogP contribution in [0.1, 0.15) is 18.1 Å². The van der Waals surface area contributed by atoms with Crippen molar-refractivity contribution in [1.82, 2.24) is 4.90 Å². The predicted molar refractivity (Wildman–Crippen MR) is 110 cm³/mol. The van der Waals surface area contributed by atoms with E-state index < -0.39 is 9.84 Å². The fraction of sp³-hybridized carbons (Fsp3) is 0.217. The molecule has 1 atom stereocenters. The molecule has 0 heterocycles. The average Bonchev–Trinajstić information content (AvgIpc) is 2.69. The Bertz CT molecular complexity index is 884. The van der Waals surface area contributed by atoms with Crippen LogP contribution in [0, 0.1) is 0 Å². The SMILES string of the molecule is C[C@H](CS(=O)(=O)c1ccccc1)N(Cc1ccccc1)Cc1ccccc1. The number of nitrogens with zero attached hydrogens (tertiary/aromatic N) is 1. The monoisotopic (exact) mass is 379 g/mol. The third kappa shape index (κ3) is 5.52. The van der Waals surface area contributed by atoms with Crippen LogP contribution < -0.4 is 0 Å². The van der Waals surface area contributed by atoms with E-state index in [4.69, 9.17) is 0 Å². The number of benzene rings is 3. The van der Waals surface area contributed by atoms with Gasteiger partial charge in [-0.1, -0.05) is 78.9 Å². The molecule has 0 aromatic heterocycles. The summed E-state index contributed by atoms with van der Waals surface area (Å²) >= 11 is 0. The van der Waals surface area contributed by atoms with E-state index >= 15 is 0 Å². The second-order valence-electron chi connectivity index (χ2n) is 6.82. The maximum Gasteiger partial charge on any atom is 0.179 e. The molecule has 3 rings (SSSR count). The van der Waals surface area contributed by atoms with Crippen LogP contribution in [0.2, 0.25) is 0 Å². The Morgan fingerprint density at radius 3 is 1.56 bits per heavy atom. The molecule has 0 amide bonds. The Hall–Kier alpha value is -2.43. The standard InChI is InChI=1S/C23H25NO2S/c1-20(19-27(25,26)23-15-9-4-10-16-23)24(17-21-11-5-2-6-12-21)18-22-13-7-3-8-14-22/h2-16,20H,17-19H2,1H3/t20-/m1/s1. The highest BCUT2D eigenvalue weighted by molar-refractivity contribution is 7.91. The molecule has 0 aliphatic carbocycles. The molecule has 4 heteroatoms. The van der Waals surface area contributed by atoms with E-state index in [-0.39, 0.29) is 11.8 Å². The molecule has 0 fully saturated rings. The molecular weight excluding hydrogens is 354 g/mol. The first-order chi connectivity index (χ1) is 13.0. The maximum atomic E-state index is 12.8. The molecule has 0 saturated carbocycles. The zero-order valence-corrected chi connectivity index (χ0v) is 16.3. The van der Waals surface area contributed by atoms with Crippen molar-refractivity contribution in [3.05, 3.63) is 102 Å². The van der Waals surface area contributed by atoms with Crippen LogP contribution in [0.4, 0.5) is 0 Å². The molecule has 0 radical (unpaired) electrons. The molecule has 3 aromatic carbocycles. The molecule has 0 aliphatic heterocycles. The number of hydrogen-bond acceptors (Lipinski definition) is 3. The van der Waals surface area contributed by atoms with Crippen LogP contribution in [0.3, 0.4) is 0 Å². The van der Waals surface area contributed by atoms with Gasteiger partial charge in [0.05, 0.1) is 10.6 Å². The Morgan fingerprint density at radius 1 is 0.704 bits per heavy atom. The minimum absolute atomic E-state index is 0.0939. The fourth-order valence-corrected chi connectivity index (χ4v) is 4.76. The molecule has 0 saturated heterocycles. The molecule has 0 bridgehead atoms. The molecule has 3 nitrogen and oxygen atoms in total. The Kier molecular flexibility index (Phi) is 6.43. The van der Waals surface area contributed by atoms with E-state index in [1.54, 1.807) is 24.3 Å². The van der Waals surface area contributed by atoms with Gasteiger partial charge in [0, 0.05) is 19.1 Å². The second kappa shape index (κ2) is 8.98. The minimum atomic E-state index is -3.33. The molecule has 27 heavy (non-hydrogen) atoms. The topological polar surface area (TPSA) is 37.4 Å². The predicted octanol–water partition coefficient (Wildman–Crippen LogP) is 4.55. The van der Waals surface area contributed by atoms with Gasteiger partial charge in [-0.2, -0.15) is 0 Å². The largest absolute Gasteiger partial charge is 0.291 e. The highest BCUT2D eigenvalue weighted by Crippen LogP contribution is 2.18. The van der Waals surface area contributed by atoms with E-state index in [9.17, 15) is 8.42 Å². The van der Waals surface area contributed by atoms with Gasteiger partial charge in [-0.15, -0.1) is 0 Å². The lowest BCUT2D eigenvalue weighted by molar-refractivity contribution is 0.205. The summed E-state index contributed by atoms with van der Waals surface area (Å²) in [5.74, 6) is 0.0939. The third-order valence-corrected chi connectivity index (χ3v) is 6.55. The first kappa shape index (κ1) is 19.3. The van der Waals surface area contributed by atoms with Crippen molar-refractivity contribution in [2.75, 3.05) is 5.75 Å². The molecular formula is C23H25NO2S. The lowest BCUT2D eigenvalue weighted by Crippen LogP contribution is -2.37. The van der Waals surface area contributed by atoms with Gasteiger partial charge in [0.1, 0.15) is 0 Å². The first-order valence-corrected chi connectivity index (χ1v) is 10.8. The molecule has 140 valence electrons. The van der Waals surface area contributed by atoms with Crippen molar-refractivity contribution in [3.8, 4) is 0 Å². The summed E-state index contributed by atoms with van der Waals surface area (Å²) in [6.07, 6.45) is 0. The normalized spacial score (nSPS) is 12.8. The number of hydrogen-bond donors (Lipinski definition) is 0. The summed E-state index contributed by atoms with van der Waals surface area (Å²) in [7, 11) is -3.33. The van der Waals surface area contributed by atoms with E-state index in [1.165, 1.54) is 11.1 Å². The van der Waals surface area contributed by atoms with Crippen molar-refractivity contribution < 1.29 is 8.42 Å². The van der Waals surface area contributed by atoms with Crippen molar-refractivity contribution in [1.29, 1.82) is 0 Å². The zero-order chi connectivity index (χ0) is 19.1. The van der Waals surface area contributed by atoms with Gasteiger partial charge in [-0.05, 0) is 30.2 Å². The van der Waals surface area contributed by atoms with Crippen molar-refractivity contribution in [2.45, 2.75) is 31.0 Å². The highest BCUT2D eigenvalue weighted by atomic mass is 32.2. The van der Waals surface area contributed by atoms with Crippen LogP contribution in [0.5, 0.6) is 0 Å². The van der Waals surface area contributed by atoms with Crippen LogP contribution in [-0.4, -0.2) is 25.1 Å². The Balaban J connectivity index is 1.80. The summed E-state index contributed by atoms with van der Waals surface area (Å²) in [6.45, 7) is 3.41. The Labute approximate surface area is 162 Å². The lowest BCUT2D eigenvalue weighted by atomic mass is 10.1. The van der Waals surface area contributed by atoms with Crippen LogP contribution in [0.25, 0.3) is 0 Å². The minimum Gasteiger partial charge on any atom is -0.291 e. The van der Waals surface area contributed by atoms with Gasteiger partial charge in [0.2, 0.25) is 0 Å². The van der Waals surface area contributed by atoms with Crippen LogP contribution in [-0.2, 0) is 22.9 Å². The molecule has 0 aliphatic rings. The summed E-state index contributed by atoms with van der Waals surface area (Å²) in [4.78, 5) is 2.61. The zero-order valence-electron chi connectivity index (χ0n) is 15.5. The summed E-state index contributed by atoms with van der Waals surface area (Å²) in [5, 5.41) is 0. The average molecular weight is 380 g/mol. The number of sulfone groups is 1. The van der Waals surface area contributed by atoms with Gasteiger partial charge in [0.25, 0.3) is 0 Å². The molecule has 0 unspecified atom stereocenters. The van der Waals surface area contributed by atoms with E-state index in [0.29, 0.717) is 18.0 Å². The van der Waals surface area contributed by atoms with Gasteiger partial charge in [-0.25, -0.2) is 8.42 Å². The molecule has 3 aromatic rings. The van der Waals surface area contributed by atoms with E-state index in [1.807, 2.05) is 49.4 Å². The van der Waals surface area contributed by atoms with Crippen LogP contribution in [0.15, 0.2) is 95.9 Å². The van der Waals surface area contributed by atoms with Gasteiger partial charge < -0.3 is 0 Å². The first-order valence-electron chi connectivity index (χ1n) is 9.14. The highest BCUT2D eigenvalue weighted by Gasteiger charge is 2.23. The maximum absolute atomic E-state index is 12.8. The summed E-state index contributed by atoms with van der Waals surface area (Å²) < 4.78 is 25.7. The molecule has 0 spiro atoms. The van der Waals surface area contributed by atoms with Crippen molar-refractivity contribution >= 4 is 9.84 Å². The summed E-state index contributed by atoms with van der Waals surface area (Å²) in [6, 6.07) is 29.0. The van der Waals surface area contributed by atoms with Crippen LogP contribution >= 0.6 is 0 Å². The van der Waals surface area contributed by atoms with Gasteiger partial charge in [0.15, 0.2) is 9.84 Å². The summed E-state index contributed by atoms with van der Waals surface area (Å²) in [5.41, 5.74) is 2.36. The Morgan fingerprint density at radius 2 is 1.11 bits per heavy atom. The second-order valence-corrected chi connectivity index (χ2v) is 8.85. The van der Waals surface area contributed by atoms with E-state index in [0.717, 1.165) is 0 Å².